The van der Waals surface area contributed by atoms with Crippen LogP contribution in [0.3, 0.4) is 0 Å². The van der Waals surface area contributed by atoms with E-state index in [2.05, 4.69) is 10.3 Å². The van der Waals surface area contributed by atoms with Crippen molar-refractivity contribution in [2.75, 3.05) is 5.32 Å². The maximum Gasteiger partial charge on any atom is 0.207 e. The molecule has 1 aromatic carbocycles. The minimum atomic E-state index is 0.550. The summed E-state index contributed by atoms with van der Waals surface area (Å²) in [4.78, 5) is 4.29. The highest BCUT2D eigenvalue weighted by atomic mass is 35.5. The van der Waals surface area contributed by atoms with Gasteiger partial charge in [-0.25, -0.2) is 4.98 Å². The Hall–Kier alpha value is -1.19. The van der Waals surface area contributed by atoms with Crippen molar-refractivity contribution in [2.24, 2.45) is 0 Å². The van der Waals surface area contributed by atoms with Crippen LogP contribution >= 0.6 is 23.2 Å². The van der Waals surface area contributed by atoms with Crippen LogP contribution in [0.4, 0.5) is 5.95 Å². The van der Waals surface area contributed by atoms with Crippen LogP contribution in [0.2, 0.25) is 10.0 Å². The Morgan fingerprint density at radius 3 is 2.88 bits per heavy atom. The quantitative estimate of drug-likeness (QED) is 0.918. The lowest BCUT2D eigenvalue weighted by Crippen LogP contribution is -2.07. The summed E-state index contributed by atoms with van der Waals surface area (Å²) in [6.45, 7) is 0. The van der Waals surface area contributed by atoms with E-state index in [1.54, 1.807) is 18.3 Å². The Morgan fingerprint density at radius 1 is 1.29 bits per heavy atom. The van der Waals surface area contributed by atoms with Gasteiger partial charge in [-0.05, 0) is 31.0 Å². The van der Waals surface area contributed by atoms with Crippen molar-refractivity contribution in [3.8, 4) is 5.69 Å². The van der Waals surface area contributed by atoms with E-state index >= 15 is 0 Å². The number of halogens is 2. The first-order chi connectivity index (χ1) is 8.24. The maximum atomic E-state index is 6.18. The van der Waals surface area contributed by atoms with Gasteiger partial charge in [0, 0.05) is 23.5 Å². The first-order valence-electron chi connectivity index (χ1n) is 5.49. The van der Waals surface area contributed by atoms with Crippen molar-refractivity contribution >= 4 is 29.2 Å². The minimum absolute atomic E-state index is 0.550. The van der Waals surface area contributed by atoms with Gasteiger partial charge in [0.2, 0.25) is 5.95 Å². The average molecular weight is 268 g/mol. The highest BCUT2D eigenvalue weighted by Gasteiger charge is 2.23. The van der Waals surface area contributed by atoms with E-state index in [9.17, 15) is 0 Å². The van der Waals surface area contributed by atoms with Gasteiger partial charge >= 0.3 is 0 Å². The highest BCUT2D eigenvalue weighted by Crippen LogP contribution is 2.29. The molecular weight excluding hydrogens is 257 g/mol. The number of imidazole rings is 1. The lowest BCUT2D eigenvalue weighted by Gasteiger charge is -2.11. The number of benzene rings is 1. The highest BCUT2D eigenvalue weighted by molar-refractivity contribution is 6.34. The zero-order valence-corrected chi connectivity index (χ0v) is 10.5. The topological polar surface area (TPSA) is 29.9 Å². The van der Waals surface area contributed by atoms with E-state index in [1.807, 2.05) is 16.8 Å². The van der Waals surface area contributed by atoms with Gasteiger partial charge in [-0.2, -0.15) is 0 Å². The number of hydrogen-bond acceptors (Lipinski definition) is 2. The molecule has 1 aromatic heterocycles. The molecule has 0 saturated heterocycles. The van der Waals surface area contributed by atoms with Gasteiger partial charge < -0.3 is 5.32 Å². The van der Waals surface area contributed by atoms with E-state index in [4.69, 9.17) is 23.2 Å². The minimum Gasteiger partial charge on any atom is -0.353 e. The van der Waals surface area contributed by atoms with Crippen LogP contribution in [0, 0.1) is 0 Å². The third-order valence-corrected chi connectivity index (χ3v) is 3.27. The predicted octanol–water partition coefficient (Wildman–Crippen LogP) is 3.75. The second kappa shape index (κ2) is 4.24. The standard InChI is InChI=1S/C12H11Cl2N3/c13-8-1-4-10(14)11(7-8)17-6-5-15-12(17)16-9-2-3-9/h1,4-7,9H,2-3H2,(H,15,16). The number of aromatic nitrogens is 2. The molecule has 0 spiro atoms. The molecule has 1 N–H and O–H groups in total. The molecule has 0 amide bonds. The van der Waals surface area contributed by atoms with Crippen LogP contribution in [-0.4, -0.2) is 15.6 Å². The van der Waals surface area contributed by atoms with Crippen molar-refractivity contribution in [1.29, 1.82) is 0 Å². The summed E-state index contributed by atoms with van der Waals surface area (Å²) < 4.78 is 1.92. The zero-order valence-electron chi connectivity index (χ0n) is 9.03. The number of rotatable bonds is 3. The molecule has 3 nitrogen and oxygen atoms in total. The van der Waals surface area contributed by atoms with Crippen molar-refractivity contribution in [3.05, 3.63) is 40.6 Å². The molecule has 88 valence electrons. The fraction of sp³-hybridized carbons (Fsp3) is 0.250. The Labute approximate surface area is 109 Å². The molecule has 1 aliphatic rings. The fourth-order valence-electron chi connectivity index (χ4n) is 1.69. The second-order valence-electron chi connectivity index (χ2n) is 4.14. The summed E-state index contributed by atoms with van der Waals surface area (Å²) in [5, 5.41) is 4.68. The van der Waals surface area contributed by atoms with Crippen LogP contribution in [0.15, 0.2) is 30.6 Å². The van der Waals surface area contributed by atoms with Crippen LogP contribution in [-0.2, 0) is 0 Å². The Kier molecular flexibility index (Phi) is 2.73. The molecule has 1 heterocycles. The van der Waals surface area contributed by atoms with E-state index in [-0.39, 0.29) is 0 Å². The monoisotopic (exact) mass is 267 g/mol. The van der Waals surface area contributed by atoms with Crippen molar-refractivity contribution in [1.82, 2.24) is 9.55 Å². The molecule has 17 heavy (non-hydrogen) atoms. The third-order valence-electron chi connectivity index (χ3n) is 2.72. The van der Waals surface area contributed by atoms with Gasteiger partial charge in [-0.1, -0.05) is 23.2 Å². The maximum absolute atomic E-state index is 6.18. The summed E-state index contributed by atoms with van der Waals surface area (Å²) in [6.07, 6.45) is 6.04. The Bertz CT molecular complexity index is 546. The van der Waals surface area contributed by atoms with Gasteiger partial charge in [0.1, 0.15) is 0 Å². The molecule has 1 saturated carbocycles. The summed E-state index contributed by atoms with van der Waals surface area (Å²) >= 11 is 12.2. The van der Waals surface area contributed by atoms with Gasteiger partial charge in [-0.3, -0.25) is 4.57 Å². The molecule has 1 aliphatic carbocycles. The van der Waals surface area contributed by atoms with Crippen LogP contribution in [0.25, 0.3) is 5.69 Å². The van der Waals surface area contributed by atoms with Gasteiger partial charge in [0.05, 0.1) is 10.7 Å². The molecule has 1 fully saturated rings. The van der Waals surface area contributed by atoms with E-state index in [0.717, 1.165) is 11.6 Å². The van der Waals surface area contributed by atoms with Crippen molar-refractivity contribution in [2.45, 2.75) is 18.9 Å². The summed E-state index contributed by atoms with van der Waals surface area (Å²) in [6, 6.07) is 5.95. The van der Waals surface area contributed by atoms with Crippen LogP contribution in [0.1, 0.15) is 12.8 Å². The summed E-state index contributed by atoms with van der Waals surface area (Å²) in [7, 11) is 0. The molecule has 0 bridgehead atoms. The fourth-order valence-corrected chi connectivity index (χ4v) is 2.06. The molecule has 0 radical (unpaired) electrons. The number of nitrogens with one attached hydrogen (secondary N) is 1. The number of anilines is 1. The Balaban J connectivity index is 2.01. The van der Waals surface area contributed by atoms with Crippen LogP contribution in [0.5, 0.6) is 0 Å². The normalized spacial score (nSPS) is 14.9. The first-order valence-corrected chi connectivity index (χ1v) is 6.25. The molecule has 0 unspecified atom stereocenters. The average Bonchev–Trinajstić information content (AvgIpc) is 3.00. The number of hydrogen-bond donors (Lipinski definition) is 1. The van der Waals surface area contributed by atoms with Crippen molar-refractivity contribution < 1.29 is 0 Å². The first kappa shape index (κ1) is 10.9. The third kappa shape index (κ3) is 2.26. The lowest BCUT2D eigenvalue weighted by atomic mass is 10.3. The lowest BCUT2D eigenvalue weighted by molar-refractivity contribution is 1.00. The molecule has 3 rings (SSSR count). The van der Waals surface area contributed by atoms with E-state index < -0.39 is 0 Å². The molecule has 0 aliphatic heterocycles. The predicted molar refractivity (Wildman–Crippen MR) is 70.2 cm³/mol. The summed E-state index contributed by atoms with van der Waals surface area (Å²) in [5.74, 6) is 0.816. The zero-order chi connectivity index (χ0) is 11.8. The second-order valence-corrected chi connectivity index (χ2v) is 4.98. The van der Waals surface area contributed by atoms with E-state index in [1.165, 1.54) is 12.8 Å². The van der Waals surface area contributed by atoms with E-state index in [0.29, 0.717) is 16.1 Å². The number of nitrogens with zero attached hydrogens (tertiary/aromatic N) is 2. The van der Waals surface area contributed by atoms with Crippen molar-refractivity contribution in [3.63, 3.8) is 0 Å². The van der Waals surface area contributed by atoms with Gasteiger partial charge in [-0.15, -0.1) is 0 Å². The van der Waals surface area contributed by atoms with Gasteiger partial charge in [0.15, 0.2) is 0 Å². The largest absolute Gasteiger partial charge is 0.353 e. The smallest absolute Gasteiger partial charge is 0.207 e. The molecule has 5 heteroatoms. The molecule has 0 atom stereocenters. The van der Waals surface area contributed by atoms with Gasteiger partial charge in [0.25, 0.3) is 0 Å². The SMILES string of the molecule is Clc1ccc(Cl)c(-n2ccnc2NC2CC2)c1. The summed E-state index contributed by atoms with van der Waals surface area (Å²) in [5.41, 5.74) is 0.847. The molecule has 2 aromatic rings. The van der Waals surface area contributed by atoms with Crippen LogP contribution < -0.4 is 5.32 Å². The Morgan fingerprint density at radius 2 is 2.12 bits per heavy atom. The molecular formula is C12H11Cl2N3.